The van der Waals surface area contributed by atoms with Gasteiger partial charge in [-0.1, -0.05) is 32.1 Å². The third-order valence-corrected chi connectivity index (χ3v) is 2.40. The molecule has 1 saturated carbocycles. The summed E-state index contributed by atoms with van der Waals surface area (Å²) in [7, 11) is 0. The van der Waals surface area contributed by atoms with Crippen molar-refractivity contribution in [3.05, 3.63) is 42.0 Å². The van der Waals surface area contributed by atoms with Crippen molar-refractivity contribution in [1.29, 1.82) is 0 Å². The Bertz CT molecular complexity index is 322. The van der Waals surface area contributed by atoms with Gasteiger partial charge in [0, 0.05) is 0 Å². The molecule has 0 heterocycles. The Morgan fingerprint density at radius 1 is 0.833 bits per heavy atom. The second kappa shape index (κ2) is 13.9. The Balaban J connectivity index is 0. The van der Waals surface area contributed by atoms with Gasteiger partial charge in [0.25, 0.3) is 0 Å². The summed E-state index contributed by atoms with van der Waals surface area (Å²) in [6.07, 6.45) is 10.8. The molecular formula is C14H14CoO3+. The largest absolute Gasteiger partial charge is 3.00 e. The summed E-state index contributed by atoms with van der Waals surface area (Å²) in [5.74, 6) is 0. The minimum Gasteiger partial charge on any atom is 3.00 e. The Labute approximate surface area is 118 Å². The zero-order chi connectivity index (χ0) is 12.9. The molecule has 1 aromatic carbocycles. The topological polar surface area (TPSA) is 54.0 Å². The molecule has 0 unspecified atom stereocenters. The third kappa shape index (κ3) is 7.98. The van der Waals surface area contributed by atoms with Crippen molar-refractivity contribution < 1.29 is 31.0 Å². The fourth-order valence-electron chi connectivity index (χ4n) is 1.55. The molecule has 1 aliphatic carbocycles. The van der Waals surface area contributed by atoms with E-state index < -0.39 is 0 Å². The van der Waals surface area contributed by atoms with Crippen LogP contribution < -0.4 is 0 Å². The van der Waals surface area contributed by atoms with E-state index >= 15 is 0 Å². The van der Waals surface area contributed by atoms with Crippen molar-refractivity contribution in [3.8, 4) is 0 Å². The van der Waals surface area contributed by atoms with Crippen LogP contribution in [0, 0.1) is 6.65 Å². The van der Waals surface area contributed by atoms with Gasteiger partial charge in [0.2, 0.25) is 0 Å². The Morgan fingerprint density at radius 2 is 1.11 bits per heavy atom. The summed E-state index contributed by atoms with van der Waals surface area (Å²) in [4.78, 5) is 20.2. The van der Waals surface area contributed by atoms with Gasteiger partial charge in [-0.2, -0.15) is 0 Å². The molecule has 4 heteroatoms. The standard InChI is InChI=1S/C8H4O2.C5H10.CO.Co/c9-5-7-3-1-2-4-8(7)6-10;1-2-4-5-3-1;1-2;/h1-4H;1-5H2;;/q-2;;;+3. The number of hydrogen-bond acceptors (Lipinski definition) is 2. The Kier molecular flexibility index (Phi) is 14.8. The van der Waals surface area contributed by atoms with E-state index in [4.69, 9.17) is 4.65 Å². The van der Waals surface area contributed by atoms with E-state index in [1.165, 1.54) is 44.2 Å². The first-order valence-corrected chi connectivity index (χ1v) is 5.44. The molecule has 1 aromatic rings. The maximum Gasteiger partial charge on any atom is 3.00 e. The van der Waals surface area contributed by atoms with Crippen LogP contribution in [0.2, 0.25) is 0 Å². The number of rotatable bonds is 2. The second-order valence-electron chi connectivity index (χ2n) is 3.52. The maximum absolute atomic E-state index is 10.1. The molecule has 1 fully saturated rings. The minimum atomic E-state index is 0. The molecule has 1 aliphatic rings. The van der Waals surface area contributed by atoms with Crippen LogP contribution in [0.15, 0.2) is 24.3 Å². The van der Waals surface area contributed by atoms with E-state index in [0.717, 1.165) is 0 Å². The normalized spacial score (nSPS) is 11.7. The van der Waals surface area contributed by atoms with Gasteiger partial charge in [0.05, 0.1) is 0 Å². The smallest absolute Gasteiger partial charge is 3.00 e. The molecule has 0 N–H and O–H groups in total. The third-order valence-electron chi connectivity index (χ3n) is 2.40. The summed E-state index contributed by atoms with van der Waals surface area (Å²) in [5, 5.41) is 0. The number of hydrogen-bond donors (Lipinski definition) is 0. The van der Waals surface area contributed by atoms with Crippen molar-refractivity contribution in [1.82, 2.24) is 0 Å². The molecule has 0 saturated heterocycles. The van der Waals surface area contributed by atoms with Gasteiger partial charge in [-0.05, 0) is 12.6 Å². The first-order valence-electron chi connectivity index (χ1n) is 5.44. The fraction of sp³-hybridized carbons (Fsp3) is 0.357. The van der Waals surface area contributed by atoms with Crippen LogP contribution in [-0.4, -0.2) is 12.6 Å². The van der Waals surface area contributed by atoms with Crippen molar-refractivity contribution in [3.63, 3.8) is 0 Å². The van der Waals surface area contributed by atoms with Gasteiger partial charge in [-0.3, -0.25) is 11.1 Å². The Hall–Kier alpha value is -1.19. The molecule has 3 nitrogen and oxygen atoms in total. The predicted octanol–water partition coefficient (Wildman–Crippen LogP) is 2.51. The molecule has 2 rings (SSSR count). The molecule has 96 valence electrons. The van der Waals surface area contributed by atoms with Gasteiger partial charge in [0.1, 0.15) is 0 Å². The summed E-state index contributed by atoms with van der Waals surface area (Å²) < 4.78 is 7.50. The molecule has 0 bridgehead atoms. The van der Waals surface area contributed by atoms with E-state index in [-0.39, 0.29) is 27.9 Å². The van der Waals surface area contributed by atoms with Crippen LogP contribution in [0.1, 0.15) is 43.2 Å². The van der Waals surface area contributed by atoms with E-state index in [0.29, 0.717) is 0 Å². The SMILES string of the molecule is C1CCCC1.O=[C-]c1ccccc1[C-]=O.[C-]#[O+].[Co+3]. The summed E-state index contributed by atoms with van der Waals surface area (Å²) in [5.41, 5.74) is 0.523. The molecular weight excluding hydrogens is 275 g/mol. The molecule has 0 radical (unpaired) electrons. The first kappa shape index (κ1) is 19.2. The van der Waals surface area contributed by atoms with Gasteiger partial charge in [0.15, 0.2) is 0 Å². The maximum atomic E-state index is 10.1. The van der Waals surface area contributed by atoms with Gasteiger partial charge >= 0.3 is 28.1 Å². The van der Waals surface area contributed by atoms with Crippen molar-refractivity contribution in [2.24, 2.45) is 0 Å². The van der Waals surface area contributed by atoms with Crippen LogP contribution in [0.25, 0.3) is 0 Å². The van der Waals surface area contributed by atoms with Gasteiger partial charge in [-0.25, -0.2) is 12.1 Å². The van der Waals surface area contributed by atoms with Crippen LogP contribution >= 0.6 is 0 Å². The summed E-state index contributed by atoms with van der Waals surface area (Å²) in [6, 6.07) is 6.38. The van der Waals surface area contributed by atoms with E-state index in [2.05, 4.69) is 6.65 Å². The van der Waals surface area contributed by atoms with Crippen molar-refractivity contribution in [2.75, 3.05) is 0 Å². The molecule has 0 spiro atoms. The van der Waals surface area contributed by atoms with E-state index in [1.807, 2.05) is 0 Å². The monoisotopic (exact) mass is 289 g/mol. The van der Waals surface area contributed by atoms with E-state index in [1.54, 1.807) is 24.7 Å². The minimum absolute atomic E-state index is 0. The van der Waals surface area contributed by atoms with Gasteiger partial charge < -0.3 is 9.59 Å². The van der Waals surface area contributed by atoms with Crippen molar-refractivity contribution >= 4 is 12.6 Å². The molecule has 0 atom stereocenters. The average molecular weight is 289 g/mol. The molecule has 0 aliphatic heterocycles. The van der Waals surface area contributed by atoms with Crippen LogP contribution in [-0.2, 0) is 31.0 Å². The van der Waals surface area contributed by atoms with Crippen LogP contribution in [0.4, 0.5) is 0 Å². The first-order chi connectivity index (χ1) is 8.38. The molecule has 0 aromatic heterocycles. The zero-order valence-corrected chi connectivity index (χ0v) is 10.9. The van der Waals surface area contributed by atoms with Crippen molar-refractivity contribution in [2.45, 2.75) is 32.1 Å². The molecule has 18 heavy (non-hydrogen) atoms. The number of benzene rings is 1. The number of carbonyl (C=O) groups excluding carboxylic acids is 2. The van der Waals surface area contributed by atoms with Crippen LogP contribution in [0.5, 0.6) is 0 Å². The average Bonchev–Trinajstić information content (AvgIpc) is 3.00. The zero-order valence-electron chi connectivity index (χ0n) is 9.90. The predicted molar refractivity (Wildman–Crippen MR) is 63.0 cm³/mol. The fourth-order valence-corrected chi connectivity index (χ4v) is 1.55. The second-order valence-corrected chi connectivity index (χ2v) is 3.52. The Morgan fingerprint density at radius 3 is 1.33 bits per heavy atom. The summed E-state index contributed by atoms with van der Waals surface area (Å²) in [6.45, 7) is 4.50. The van der Waals surface area contributed by atoms with Gasteiger partial charge in [-0.15, -0.1) is 12.1 Å². The quantitative estimate of drug-likeness (QED) is 0.620. The van der Waals surface area contributed by atoms with E-state index in [9.17, 15) is 9.59 Å². The summed E-state index contributed by atoms with van der Waals surface area (Å²) >= 11 is 0. The van der Waals surface area contributed by atoms with Crippen LogP contribution in [0.3, 0.4) is 0 Å². The molecule has 0 amide bonds.